The molecule has 1 unspecified atom stereocenters. The van der Waals surface area contributed by atoms with Gasteiger partial charge in [-0.2, -0.15) is 0 Å². The number of ether oxygens (including phenoxy) is 9. The molecule has 8 amide bonds. The number of amides is 8. The number of phenolic OH excluding ortho intramolecular Hbond substituents is 3. The van der Waals surface area contributed by atoms with Gasteiger partial charge in [0.2, 0.25) is 53.4 Å². The van der Waals surface area contributed by atoms with E-state index < -0.39 is 302 Å². The van der Waals surface area contributed by atoms with Crippen LogP contribution in [0.25, 0.3) is 11.1 Å². The molecule has 9 heterocycles. The first-order chi connectivity index (χ1) is 65.9. The third-order valence-corrected chi connectivity index (χ3v) is 24.7. The fraction of sp³-hybridized carbons (Fsp3) is 0.407. The number of nitrogens with zero attached hydrogens (tertiary/aromatic N) is 1. The molecule has 7 aromatic carbocycles. The molecule has 8 aromatic rings. The summed E-state index contributed by atoms with van der Waals surface area (Å²) in [4.78, 5) is 142. The number of hydrogen-bond donors (Lipinski definition) is 24. The fourth-order valence-electron chi connectivity index (χ4n) is 17.0. The quantitative estimate of drug-likeness (QED) is 0.0391. The van der Waals surface area contributed by atoms with Gasteiger partial charge in [0.05, 0.1) is 53.3 Å². The highest BCUT2D eigenvalue weighted by Gasteiger charge is 2.54. The first-order valence-corrected chi connectivity index (χ1v) is 44.2. The van der Waals surface area contributed by atoms with Crippen LogP contribution in [0.1, 0.15) is 127 Å². The Morgan fingerprint density at radius 3 is 2.00 bits per heavy atom. The summed E-state index contributed by atoms with van der Waals surface area (Å²) >= 11 is 14.6. The van der Waals surface area contributed by atoms with Crippen molar-refractivity contribution in [3.63, 3.8) is 0 Å². The Hall–Kier alpha value is -12.7. The number of nitrogens with one attached hydrogen (secondary N) is 11. The van der Waals surface area contributed by atoms with Gasteiger partial charge in [0.15, 0.2) is 30.1 Å². The van der Waals surface area contributed by atoms with Gasteiger partial charge < -0.3 is 168 Å². The predicted molar refractivity (Wildman–Crippen MR) is 475 cm³/mol. The number of fused-ring (bicyclic) bond motifs is 15. The highest BCUT2D eigenvalue weighted by molar-refractivity contribution is 6.32. The van der Waals surface area contributed by atoms with Crippen molar-refractivity contribution in [3.8, 4) is 62.9 Å². The van der Waals surface area contributed by atoms with Crippen molar-refractivity contribution in [1.82, 2.24) is 57.8 Å². The molecule has 48 heteroatoms. The summed E-state index contributed by atoms with van der Waals surface area (Å²) in [6, 6.07) is 8.97. The monoisotopic (exact) mass is 1980 g/mol. The third-order valence-electron chi connectivity index (χ3n) is 24.1. The number of benzene rings is 7. The van der Waals surface area contributed by atoms with Gasteiger partial charge in [0, 0.05) is 71.8 Å². The maximum Gasteiger partial charge on any atom is 0.573 e. The third kappa shape index (κ3) is 23.4. The highest BCUT2D eigenvalue weighted by Crippen LogP contribution is 2.51. The van der Waals surface area contributed by atoms with Crippen molar-refractivity contribution in [2.24, 2.45) is 11.7 Å². The molecule has 139 heavy (non-hydrogen) atoms. The molecule has 3 fully saturated rings. The average molecular weight is 1980 g/mol. The number of aromatic hydroxyl groups is 3. The number of aliphatic hydroxyl groups is 8. The topological polar surface area (TPSA) is 654 Å². The number of halogens is 5. The van der Waals surface area contributed by atoms with Crippen LogP contribution in [0.4, 0.5) is 18.9 Å². The van der Waals surface area contributed by atoms with Crippen molar-refractivity contribution in [1.29, 1.82) is 0 Å². The Bertz CT molecular complexity index is 5920. The lowest BCUT2D eigenvalue weighted by Crippen LogP contribution is -2.65. The number of alkyl halides is 3. The smallest absolute Gasteiger partial charge is 0.508 e. The number of rotatable bonds is 25. The number of H-pyrrole nitrogens is 1. The molecule has 8 aliphatic rings. The number of aliphatic carboxylic acids is 1. The summed E-state index contributed by atoms with van der Waals surface area (Å²) in [5, 5.41) is 167. The van der Waals surface area contributed by atoms with Crippen LogP contribution in [0.5, 0.6) is 51.7 Å². The largest absolute Gasteiger partial charge is 0.573 e. The minimum atomic E-state index is -5.04. The second-order valence-corrected chi connectivity index (χ2v) is 35.3. The Morgan fingerprint density at radius 1 is 0.676 bits per heavy atom. The second-order valence-electron chi connectivity index (χ2n) is 34.5. The molecular formula is C91H100Cl2F3N13O30. The normalized spacial score (nSPS) is 28.0. The molecule has 0 spiro atoms. The average Bonchev–Trinajstić information content (AvgIpc) is 1.45. The zero-order chi connectivity index (χ0) is 100. The first kappa shape index (κ1) is 102. The van der Waals surface area contributed by atoms with E-state index in [1.807, 2.05) is 0 Å². The summed E-state index contributed by atoms with van der Waals surface area (Å²) in [6.45, 7) is 5.14. The Morgan fingerprint density at radius 2 is 1.34 bits per heavy atom. The second kappa shape index (κ2) is 43.0. The molecular weight excluding hydrogens is 1880 g/mol. The van der Waals surface area contributed by atoms with Gasteiger partial charge in [-0.1, -0.05) is 73.4 Å². The maximum absolute atomic E-state index is 16.6. The van der Waals surface area contributed by atoms with Crippen LogP contribution in [-0.4, -0.2) is 261 Å². The maximum atomic E-state index is 16.6. The van der Waals surface area contributed by atoms with E-state index in [0.29, 0.717) is 11.3 Å². The van der Waals surface area contributed by atoms with Crippen molar-refractivity contribution in [3.05, 3.63) is 195 Å². The van der Waals surface area contributed by atoms with Crippen LogP contribution in [-0.2, 0) is 75.1 Å². The van der Waals surface area contributed by atoms with E-state index in [0.717, 1.165) is 78.9 Å². The van der Waals surface area contributed by atoms with Crippen molar-refractivity contribution < 1.29 is 160 Å². The zero-order valence-electron chi connectivity index (χ0n) is 74.1. The van der Waals surface area contributed by atoms with Gasteiger partial charge in [-0.15, -0.1) is 13.2 Å². The number of nitrogens with two attached hydrogens (primary N) is 1. The van der Waals surface area contributed by atoms with Gasteiger partial charge in [-0.05, 0) is 146 Å². The van der Waals surface area contributed by atoms with Crippen LogP contribution < -0.4 is 77.8 Å². The van der Waals surface area contributed by atoms with Crippen LogP contribution in [0.15, 0.2) is 140 Å². The van der Waals surface area contributed by atoms with E-state index >= 15 is 24.0 Å². The predicted octanol–water partition coefficient (Wildman–Crippen LogP) is 2.43. The molecule has 3 saturated heterocycles. The van der Waals surface area contributed by atoms with Gasteiger partial charge in [0.25, 0.3) is 5.91 Å². The summed E-state index contributed by atoms with van der Waals surface area (Å²) in [7, 11) is 1.45. The number of anilines is 1. The summed E-state index contributed by atoms with van der Waals surface area (Å²) in [5.41, 5.74) is 2.29. The zero-order valence-corrected chi connectivity index (χ0v) is 75.6. The minimum Gasteiger partial charge on any atom is -0.508 e. The van der Waals surface area contributed by atoms with E-state index in [4.69, 9.17) is 66.8 Å². The van der Waals surface area contributed by atoms with Crippen LogP contribution in [0.3, 0.4) is 0 Å². The number of hydrogen-bond acceptors (Lipinski definition) is 33. The number of carbonyl (C=O) groups is 9. The van der Waals surface area contributed by atoms with Crippen LogP contribution >= 0.6 is 23.2 Å². The molecule has 0 saturated carbocycles. The number of carboxylic acids is 1. The number of carboxylic acid groups (broad SMARTS) is 1. The Kier molecular flexibility index (Phi) is 31.6. The summed E-state index contributed by atoms with van der Waals surface area (Å²) in [6.07, 6.45) is -32.3. The molecule has 0 radical (unpaired) electrons. The van der Waals surface area contributed by atoms with Crippen LogP contribution in [0.2, 0.25) is 10.0 Å². The van der Waals surface area contributed by atoms with Crippen molar-refractivity contribution in [2.45, 2.75) is 206 Å². The molecule has 744 valence electrons. The van der Waals surface area contributed by atoms with Gasteiger partial charge in [-0.25, -0.2) is 9.78 Å². The van der Waals surface area contributed by atoms with Gasteiger partial charge >= 0.3 is 12.3 Å². The van der Waals surface area contributed by atoms with Gasteiger partial charge in [0.1, 0.15) is 126 Å². The summed E-state index contributed by atoms with van der Waals surface area (Å²) in [5.74, 6) is -18.6. The lowest BCUT2D eigenvalue weighted by atomic mass is 9.85. The first-order valence-electron chi connectivity index (χ1n) is 43.5. The number of primary amides is 1. The van der Waals surface area contributed by atoms with Gasteiger partial charge in [-0.3, -0.25) is 38.4 Å². The highest BCUT2D eigenvalue weighted by atomic mass is 35.5. The molecule has 25 N–H and O–H groups in total. The van der Waals surface area contributed by atoms with E-state index in [1.54, 1.807) is 33.0 Å². The Labute approximate surface area is 797 Å². The SMILES string of the molecule is CN[C@H](CC(C)C)C(=O)N[C@H]1C(=O)N[C@@H](CC(N)=O)C(=O)N[C@H]2C(=O)N[C@H]3C(=O)N[C@H](C(=O)N[C@@H](C(=O)O)c4cc(O)cc(O)c4-c4cc3ccc4O)[C@H](OC3C[C@](C)(NCc4c[nH]cn4)[C@@H](O)[C@H](C)O3)c3ccc(c(Cl)c3)Oc3cc2cc(c3O[C@@H]2O[C@H](CO)[C@@H](O[C@@H]3O[C@H](CNCc4cccc(NC(=O)c5cccc(OC(F)(F)F)c5)c4)[C@H](O)[C@H](O)[C@H]3O)[C@H](O)[C@H]2O)Oc2ccc(cc2Cl)[C@H]1O. The summed E-state index contributed by atoms with van der Waals surface area (Å²) < 4.78 is 94.7. The Balaban J connectivity index is 0.887. The lowest BCUT2D eigenvalue weighted by molar-refractivity contribution is -0.350. The fourth-order valence-corrected chi connectivity index (χ4v) is 17.4. The number of aliphatic hydroxyl groups excluding tert-OH is 8. The van der Waals surface area contributed by atoms with Crippen LogP contribution in [0, 0.1) is 5.92 Å². The number of carbonyl (C=O) groups excluding carboxylic acids is 8. The van der Waals surface area contributed by atoms with E-state index in [1.165, 1.54) is 62.8 Å². The molecule has 8 aliphatic heterocycles. The number of phenols is 3. The lowest BCUT2D eigenvalue weighted by Gasteiger charge is -2.46. The number of imidazole rings is 1. The number of aromatic nitrogens is 2. The standard InChI is InChI=1S/C91H100Cl2F3N13O30/c1-36(2)18-52(98-5)81(123)108-68-70(115)40-13-16-56(50(92)22-40)132-58-24-43-25-59(77(58)137-89-75(120)73(118)78(61(34-110)135-89)138-88-74(119)72(117)71(116)60(134-88)33-99-30-38-8-6-10-44(19-38)103-80(122)42-9-7-11-47(20-42)139-91(94,95)96)133-57-17-14-41(23-51(57)93)76(136-63-29-90(4,79(121)37(3)131-63)102-32-45-31-100-35-101-45)69-86(128)107-67(87(129)130)49-26-46(111)27-55(113)64(49)48-21-39(12-15-54(48)112)65(83(125)109-69)106-84(126)66(43)105-82(124)53(28-62(97)114)104-85(68)127/h6-17,19-27,31,35-37,52-53,60-61,63,65-76,78-79,88-89,98-99,102,110-113,115-121H,18,28-30,32-34H2,1-5H3,(H2,97,114)(H,100,101)(H,103,122)(H,104,127)(H,105,124)(H,106,126)(H,107,128)(H,108,123)(H,109,125)(H,129,130)/t37-,52+,53-,60+,61+,63?,65+,66+,67+,68+,69-,70+,71-,72-,73+,74+,75+,76+,78+,79-,88-,89-,90-/m0/s1. The minimum absolute atomic E-state index is 0.0326. The molecule has 43 nitrogen and oxygen atoms in total. The van der Waals surface area contributed by atoms with E-state index in [2.05, 4.69) is 67.9 Å². The molecule has 23 atom stereocenters. The van der Waals surface area contributed by atoms with E-state index in [9.17, 15) is 93.6 Å². The number of likely N-dealkylation sites (N-methyl/N-ethyl adjacent to an activating group) is 1. The van der Waals surface area contributed by atoms with E-state index in [-0.39, 0.29) is 60.8 Å². The molecule has 16 rings (SSSR count). The van der Waals surface area contributed by atoms with Crippen molar-refractivity contribution in [2.75, 3.05) is 25.5 Å². The molecule has 1 aromatic heterocycles. The number of aromatic amines is 1. The molecule has 0 aliphatic carbocycles. The molecule has 11 bridgehead atoms. The van der Waals surface area contributed by atoms with Crippen molar-refractivity contribution >= 4 is 82.1 Å².